The maximum Gasteiger partial charge on any atom is 0.318 e. The maximum absolute atomic E-state index is 12.6. The van der Waals surface area contributed by atoms with Crippen molar-refractivity contribution in [2.45, 2.75) is 26.2 Å². The van der Waals surface area contributed by atoms with E-state index < -0.39 is 10.2 Å². The summed E-state index contributed by atoms with van der Waals surface area (Å²) in [7, 11) is -3.42. The molecule has 2 aliphatic rings. The van der Waals surface area contributed by atoms with E-state index in [-0.39, 0.29) is 5.41 Å². The zero-order chi connectivity index (χ0) is 17.4. The van der Waals surface area contributed by atoms with Crippen LogP contribution in [0, 0.1) is 0 Å². The first kappa shape index (κ1) is 17.6. The summed E-state index contributed by atoms with van der Waals surface area (Å²) >= 11 is 0. The average Bonchev–Trinajstić information content (AvgIpc) is 3.06. The summed E-state index contributed by atoms with van der Waals surface area (Å²) < 4.78 is 39.3. The second-order valence-corrected chi connectivity index (χ2v) is 8.97. The Kier molecular flexibility index (Phi) is 4.82. The van der Waals surface area contributed by atoms with E-state index in [0.717, 1.165) is 0 Å². The lowest BCUT2D eigenvalue weighted by molar-refractivity contribution is 0.0700. The van der Waals surface area contributed by atoms with E-state index in [1.165, 1.54) is 8.61 Å². The van der Waals surface area contributed by atoms with Crippen molar-refractivity contribution in [3.05, 3.63) is 5.89 Å². The van der Waals surface area contributed by atoms with Crippen molar-refractivity contribution in [3.8, 4) is 0 Å². The van der Waals surface area contributed by atoms with Crippen LogP contribution in [0.2, 0.25) is 0 Å². The number of hydrogen-bond donors (Lipinski definition) is 0. The van der Waals surface area contributed by atoms with Gasteiger partial charge in [-0.25, -0.2) is 0 Å². The highest BCUT2D eigenvalue weighted by molar-refractivity contribution is 7.86. The summed E-state index contributed by atoms with van der Waals surface area (Å²) in [5, 5.41) is 8.19. The Morgan fingerprint density at radius 3 is 2.04 bits per heavy atom. The fraction of sp³-hybridized carbons (Fsp3) is 0.857. The molecule has 0 spiro atoms. The predicted octanol–water partition coefficient (Wildman–Crippen LogP) is 0.0661. The molecule has 10 heteroatoms. The Bertz CT molecular complexity index is 655. The normalized spacial score (nSPS) is 22.0. The van der Waals surface area contributed by atoms with Crippen molar-refractivity contribution < 1.29 is 17.6 Å². The van der Waals surface area contributed by atoms with E-state index in [0.29, 0.717) is 64.4 Å². The molecule has 1 aromatic rings. The summed E-state index contributed by atoms with van der Waals surface area (Å²) in [5.41, 5.74) is -0.202. The Hall–Kier alpha value is -1.23. The lowest BCUT2D eigenvalue weighted by Gasteiger charge is -2.36. The van der Waals surface area contributed by atoms with Crippen LogP contribution in [0.15, 0.2) is 4.42 Å². The third-order valence-corrected chi connectivity index (χ3v) is 6.22. The highest BCUT2D eigenvalue weighted by atomic mass is 32.2. The fourth-order valence-electron chi connectivity index (χ4n) is 2.70. The van der Waals surface area contributed by atoms with Gasteiger partial charge in [-0.05, 0) is 0 Å². The van der Waals surface area contributed by atoms with Gasteiger partial charge < -0.3 is 14.1 Å². The molecule has 2 fully saturated rings. The molecule has 0 aliphatic carbocycles. The minimum atomic E-state index is -3.42. The van der Waals surface area contributed by atoms with Crippen molar-refractivity contribution >= 4 is 16.2 Å². The van der Waals surface area contributed by atoms with E-state index in [4.69, 9.17) is 9.15 Å². The molecule has 24 heavy (non-hydrogen) atoms. The molecule has 0 radical (unpaired) electrons. The average molecular weight is 359 g/mol. The number of aromatic nitrogens is 2. The summed E-state index contributed by atoms with van der Waals surface area (Å²) in [4.78, 5) is 1.94. The van der Waals surface area contributed by atoms with Gasteiger partial charge in [-0.1, -0.05) is 25.9 Å². The first-order valence-corrected chi connectivity index (χ1v) is 9.60. The number of anilines is 1. The van der Waals surface area contributed by atoms with Crippen molar-refractivity contribution in [3.63, 3.8) is 0 Å². The van der Waals surface area contributed by atoms with Gasteiger partial charge in [0.1, 0.15) is 0 Å². The first-order valence-electron chi connectivity index (χ1n) is 8.20. The molecule has 0 unspecified atom stereocenters. The minimum Gasteiger partial charge on any atom is -0.407 e. The number of nitrogens with zero attached hydrogens (tertiary/aromatic N) is 5. The zero-order valence-electron chi connectivity index (χ0n) is 14.4. The zero-order valence-corrected chi connectivity index (χ0v) is 15.3. The molecule has 0 bridgehead atoms. The largest absolute Gasteiger partial charge is 0.407 e. The van der Waals surface area contributed by atoms with Crippen molar-refractivity contribution in [2.75, 3.05) is 57.4 Å². The van der Waals surface area contributed by atoms with Crippen LogP contribution in [0.3, 0.4) is 0 Å². The summed E-state index contributed by atoms with van der Waals surface area (Å²) in [6.07, 6.45) is 0. The Morgan fingerprint density at radius 2 is 1.50 bits per heavy atom. The Balaban J connectivity index is 1.62. The molecular formula is C14H25N5O4S. The summed E-state index contributed by atoms with van der Waals surface area (Å²) in [6.45, 7) is 9.67. The second kappa shape index (κ2) is 6.58. The van der Waals surface area contributed by atoms with Crippen LogP contribution in [-0.4, -0.2) is 79.7 Å². The van der Waals surface area contributed by atoms with Gasteiger partial charge in [-0.3, -0.25) is 0 Å². The van der Waals surface area contributed by atoms with Gasteiger partial charge in [0.05, 0.1) is 13.2 Å². The van der Waals surface area contributed by atoms with Crippen LogP contribution in [-0.2, 0) is 20.4 Å². The van der Waals surface area contributed by atoms with Crippen molar-refractivity contribution in [1.82, 2.24) is 18.8 Å². The van der Waals surface area contributed by atoms with Gasteiger partial charge in [0.25, 0.3) is 10.2 Å². The SMILES string of the molecule is CC(C)(C)c1nnc(N2CCN(S(=O)(=O)N3CCOCC3)CC2)o1. The molecule has 9 nitrogen and oxygen atoms in total. The van der Waals surface area contributed by atoms with Crippen molar-refractivity contribution in [1.29, 1.82) is 0 Å². The highest BCUT2D eigenvalue weighted by Crippen LogP contribution is 2.25. The quantitative estimate of drug-likeness (QED) is 0.754. The van der Waals surface area contributed by atoms with E-state index in [2.05, 4.69) is 10.2 Å². The molecule has 0 atom stereocenters. The standard InChI is InChI=1S/C14H25N5O4S/c1-14(2,3)12-15-16-13(23-12)17-4-6-18(7-5-17)24(20,21)19-8-10-22-11-9-19/h4-11H2,1-3H3. The van der Waals surface area contributed by atoms with E-state index >= 15 is 0 Å². The molecule has 0 amide bonds. The second-order valence-electron chi connectivity index (χ2n) is 7.05. The monoisotopic (exact) mass is 359 g/mol. The number of rotatable bonds is 3. The third kappa shape index (κ3) is 3.56. The van der Waals surface area contributed by atoms with Gasteiger partial charge >= 0.3 is 6.01 Å². The molecule has 3 heterocycles. The van der Waals surface area contributed by atoms with Crippen LogP contribution < -0.4 is 4.90 Å². The maximum atomic E-state index is 12.6. The van der Waals surface area contributed by atoms with Crippen LogP contribution in [0.5, 0.6) is 0 Å². The number of morpholine rings is 1. The molecule has 136 valence electrons. The minimum absolute atomic E-state index is 0.202. The van der Waals surface area contributed by atoms with Gasteiger partial charge in [-0.2, -0.15) is 17.0 Å². The van der Waals surface area contributed by atoms with Gasteiger partial charge in [0, 0.05) is 44.7 Å². The van der Waals surface area contributed by atoms with Crippen LogP contribution >= 0.6 is 0 Å². The molecule has 3 rings (SSSR count). The third-order valence-electron chi connectivity index (χ3n) is 4.19. The van der Waals surface area contributed by atoms with Crippen LogP contribution in [0.4, 0.5) is 6.01 Å². The lowest BCUT2D eigenvalue weighted by atomic mass is 9.97. The summed E-state index contributed by atoms with van der Waals surface area (Å²) in [6, 6.07) is 0.461. The molecule has 2 saturated heterocycles. The van der Waals surface area contributed by atoms with E-state index in [9.17, 15) is 8.42 Å². The van der Waals surface area contributed by atoms with Crippen molar-refractivity contribution in [2.24, 2.45) is 0 Å². The predicted molar refractivity (Wildman–Crippen MR) is 88.1 cm³/mol. The van der Waals surface area contributed by atoms with Gasteiger partial charge in [-0.15, -0.1) is 5.10 Å². The molecular weight excluding hydrogens is 334 g/mol. The summed E-state index contributed by atoms with van der Waals surface area (Å²) in [5.74, 6) is 0.584. The molecule has 0 saturated carbocycles. The lowest BCUT2D eigenvalue weighted by Crippen LogP contribution is -2.55. The van der Waals surface area contributed by atoms with Gasteiger partial charge in [0.2, 0.25) is 5.89 Å². The van der Waals surface area contributed by atoms with Crippen LogP contribution in [0.1, 0.15) is 26.7 Å². The van der Waals surface area contributed by atoms with Crippen LogP contribution in [0.25, 0.3) is 0 Å². The number of hydrogen-bond acceptors (Lipinski definition) is 7. The first-order chi connectivity index (χ1) is 11.3. The van der Waals surface area contributed by atoms with E-state index in [1.807, 2.05) is 25.7 Å². The Morgan fingerprint density at radius 1 is 0.917 bits per heavy atom. The van der Waals surface area contributed by atoms with Gasteiger partial charge in [0.15, 0.2) is 0 Å². The molecule has 2 aliphatic heterocycles. The molecule has 0 N–H and O–H groups in total. The number of ether oxygens (including phenoxy) is 1. The smallest absolute Gasteiger partial charge is 0.318 e. The molecule has 1 aromatic heterocycles. The topological polar surface area (TPSA) is 92.0 Å². The molecule has 0 aromatic carbocycles. The highest BCUT2D eigenvalue weighted by Gasteiger charge is 2.34. The Labute approximate surface area is 142 Å². The number of piperazine rings is 1. The fourth-order valence-corrected chi connectivity index (χ4v) is 4.26. The van der Waals surface area contributed by atoms with E-state index in [1.54, 1.807) is 0 Å².